The molecule has 0 amide bonds. The van der Waals surface area contributed by atoms with Crippen LogP contribution in [0, 0.1) is 0 Å². The van der Waals surface area contributed by atoms with Crippen LogP contribution in [0.4, 0.5) is 11.8 Å². The first-order chi connectivity index (χ1) is 9.81. The van der Waals surface area contributed by atoms with Crippen molar-refractivity contribution in [2.24, 2.45) is 0 Å². The first-order valence-electron chi connectivity index (χ1n) is 6.58. The van der Waals surface area contributed by atoms with Crippen LogP contribution in [-0.2, 0) is 6.54 Å². The SMILES string of the molecule is Nc1nc(N2CC2)c2ncn(Cc3ccccc3)c2n1. The third-order valence-corrected chi connectivity index (χ3v) is 3.41. The smallest absolute Gasteiger partial charge is 0.224 e. The van der Waals surface area contributed by atoms with Gasteiger partial charge in [0.05, 0.1) is 12.9 Å². The average Bonchev–Trinajstić information content (AvgIpc) is 3.23. The van der Waals surface area contributed by atoms with Crippen molar-refractivity contribution >= 4 is 22.9 Å². The topological polar surface area (TPSA) is 72.6 Å². The fourth-order valence-corrected chi connectivity index (χ4v) is 2.32. The number of nitrogens with two attached hydrogens (primary N) is 1. The molecule has 0 aliphatic carbocycles. The number of fused-ring (bicyclic) bond motifs is 1. The number of hydrogen-bond donors (Lipinski definition) is 1. The summed E-state index contributed by atoms with van der Waals surface area (Å²) in [5.41, 5.74) is 8.65. The van der Waals surface area contributed by atoms with Crippen LogP contribution in [-0.4, -0.2) is 32.6 Å². The molecular weight excluding hydrogens is 252 g/mol. The molecule has 6 nitrogen and oxygen atoms in total. The Kier molecular flexibility index (Phi) is 2.35. The van der Waals surface area contributed by atoms with Crippen molar-refractivity contribution in [2.75, 3.05) is 23.7 Å². The highest BCUT2D eigenvalue weighted by Gasteiger charge is 2.24. The van der Waals surface area contributed by atoms with Crippen molar-refractivity contribution in [3.05, 3.63) is 42.2 Å². The number of aromatic nitrogens is 4. The van der Waals surface area contributed by atoms with Gasteiger partial charge in [0.15, 0.2) is 17.0 Å². The fourth-order valence-electron chi connectivity index (χ4n) is 2.32. The molecule has 0 radical (unpaired) electrons. The second-order valence-electron chi connectivity index (χ2n) is 4.92. The largest absolute Gasteiger partial charge is 0.368 e. The minimum atomic E-state index is 0.300. The summed E-state index contributed by atoms with van der Waals surface area (Å²) >= 11 is 0. The van der Waals surface area contributed by atoms with Crippen LogP contribution in [0.15, 0.2) is 36.7 Å². The fraction of sp³-hybridized carbons (Fsp3) is 0.214. The molecule has 0 saturated carbocycles. The van der Waals surface area contributed by atoms with Crippen LogP contribution >= 0.6 is 0 Å². The van der Waals surface area contributed by atoms with Crippen LogP contribution in [0.5, 0.6) is 0 Å². The minimum absolute atomic E-state index is 0.300. The maximum Gasteiger partial charge on any atom is 0.224 e. The Morgan fingerprint density at radius 3 is 2.65 bits per heavy atom. The number of imidazole rings is 1. The van der Waals surface area contributed by atoms with Gasteiger partial charge in [-0.05, 0) is 5.56 Å². The number of nitrogens with zero attached hydrogens (tertiary/aromatic N) is 5. The third kappa shape index (κ3) is 1.85. The second kappa shape index (κ2) is 4.19. The van der Waals surface area contributed by atoms with E-state index in [9.17, 15) is 0 Å². The number of nitrogen functional groups attached to an aromatic ring is 1. The van der Waals surface area contributed by atoms with E-state index in [-0.39, 0.29) is 0 Å². The van der Waals surface area contributed by atoms with Gasteiger partial charge in [-0.3, -0.25) is 0 Å². The van der Waals surface area contributed by atoms with Crippen molar-refractivity contribution in [3.8, 4) is 0 Å². The van der Waals surface area contributed by atoms with Gasteiger partial charge in [-0.2, -0.15) is 9.97 Å². The van der Waals surface area contributed by atoms with E-state index < -0.39 is 0 Å². The third-order valence-electron chi connectivity index (χ3n) is 3.41. The van der Waals surface area contributed by atoms with Gasteiger partial charge in [0.1, 0.15) is 0 Å². The average molecular weight is 266 g/mol. The molecule has 1 aliphatic heterocycles. The zero-order chi connectivity index (χ0) is 13.5. The highest BCUT2D eigenvalue weighted by atomic mass is 15.3. The molecule has 2 N–H and O–H groups in total. The van der Waals surface area contributed by atoms with E-state index in [1.807, 2.05) is 22.8 Å². The van der Waals surface area contributed by atoms with Gasteiger partial charge in [-0.1, -0.05) is 30.3 Å². The first-order valence-corrected chi connectivity index (χ1v) is 6.58. The van der Waals surface area contributed by atoms with Crippen molar-refractivity contribution < 1.29 is 0 Å². The van der Waals surface area contributed by atoms with Gasteiger partial charge in [0.2, 0.25) is 5.95 Å². The van der Waals surface area contributed by atoms with Crippen LogP contribution in [0.1, 0.15) is 5.56 Å². The summed E-state index contributed by atoms with van der Waals surface area (Å²) < 4.78 is 2.01. The summed E-state index contributed by atoms with van der Waals surface area (Å²) in [6.07, 6.45) is 1.80. The Balaban J connectivity index is 1.81. The lowest BCUT2D eigenvalue weighted by atomic mass is 10.2. The number of hydrogen-bond acceptors (Lipinski definition) is 5. The molecule has 1 saturated heterocycles. The standard InChI is InChI=1S/C14H14N6/c15-14-17-12(19-6-7-19)11-13(18-14)20(9-16-11)8-10-4-2-1-3-5-10/h1-5,9H,6-8H2,(H2,15,17,18). The van der Waals surface area contributed by atoms with E-state index in [0.717, 1.165) is 36.6 Å². The molecule has 3 aromatic rings. The van der Waals surface area contributed by atoms with Gasteiger partial charge in [0.25, 0.3) is 0 Å². The lowest BCUT2D eigenvalue weighted by Gasteiger charge is -2.06. The summed E-state index contributed by atoms with van der Waals surface area (Å²) in [7, 11) is 0. The zero-order valence-electron chi connectivity index (χ0n) is 10.9. The molecule has 20 heavy (non-hydrogen) atoms. The predicted molar refractivity (Wildman–Crippen MR) is 77.5 cm³/mol. The quantitative estimate of drug-likeness (QED) is 0.723. The molecule has 1 aromatic carbocycles. The van der Waals surface area contributed by atoms with Crippen molar-refractivity contribution in [1.29, 1.82) is 0 Å². The maximum atomic E-state index is 5.82. The van der Waals surface area contributed by atoms with Crippen LogP contribution in [0.25, 0.3) is 11.2 Å². The number of benzene rings is 1. The van der Waals surface area contributed by atoms with E-state index in [0.29, 0.717) is 5.95 Å². The maximum absolute atomic E-state index is 5.82. The van der Waals surface area contributed by atoms with Gasteiger partial charge < -0.3 is 15.2 Å². The molecule has 1 fully saturated rings. The molecule has 0 atom stereocenters. The Labute approximate surface area is 115 Å². The number of rotatable bonds is 3. The molecule has 6 heteroatoms. The molecule has 0 unspecified atom stereocenters. The summed E-state index contributed by atoms with van der Waals surface area (Å²) in [5, 5.41) is 0. The normalized spacial score (nSPS) is 13.9. The molecular formula is C14H14N6. The molecule has 0 spiro atoms. The van der Waals surface area contributed by atoms with E-state index in [2.05, 4.69) is 32.0 Å². The Hall–Kier alpha value is -2.63. The van der Waals surface area contributed by atoms with E-state index in [4.69, 9.17) is 5.73 Å². The Morgan fingerprint density at radius 2 is 1.90 bits per heavy atom. The molecule has 1 aliphatic rings. The monoisotopic (exact) mass is 266 g/mol. The Morgan fingerprint density at radius 1 is 1.10 bits per heavy atom. The van der Waals surface area contributed by atoms with Gasteiger partial charge in [0, 0.05) is 13.1 Å². The molecule has 100 valence electrons. The minimum Gasteiger partial charge on any atom is -0.368 e. The van der Waals surface area contributed by atoms with Gasteiger partial charge in [-0.25, -0.2) is 4.98 Å². The number of anilines is 2. The highest BCUT2D eigenvalue weighted by Crippen LogP contribution is 2.27. The zero-order valence-corrected chi connectivity index (χ0v) is 10.9. The van der Waals surface area contributed by atoms with Crippen molar-refractivity contribution in [1.82, 2.24) is 19.5 Å². The van der Waals surface area contributed by atoms with Crippen LogP contribution in [0.3, 0.4) is 0 Å². The predicted octanol–water partition coefficient (Wildman–Crippen LogP) is 1.28. The summed E-state index contributed by atoms with van der Waals surface area (Å²) in [6.45, 7) is 2.75. The van der Waals surface area contributed by atoms with Crippen LogP contribution < -0.4 is 10.6 Å². The summed E-state index contributed by atoms with van der Waals surface area (Å²) in [4.78, 5) is 15.2. The molecule has 2 aromatic heterocycles. The first kappa shape index (κ1) is 11.2. The second-order valence-corrected chi connectivity index (χ2v) is 4.92. The summed E-state index contributed by atoms with van der Waals surface area (Å²) in [5.74, 6) is 1.15. The van der Waals surface area contributed by atoms with E-state index >= 15 is 0 Å². The Bertz CT molecular complexity index is 760. The molecule has 3 heterocycles. The highest BCUT2D eigenvalue weighted by molar-refractivity contribution is 5.85. The van der Waals surface area contributed by atoms with E-state index in [1.54, 1.807) is 6.33 Å². The molecule has 4 rings (SSSR count). The lowest BCUT2D eigenvalue weighted by molar-refractivity contribution is 0.814. The molecule has 0 bridgehead atoms. The van der Waals surface area contributed by atoms with E-state index in [1.165, 1.54) is 5.56 Å². The van der Waals surface area contributed by atoms with Gasteiger partial charge in [-0.15, -0.1) is 0 Å². The van der Waals surface area contributed by atoms with Gasteiger partial charge >= 0.3 is 0 Å². The van der Waals surface area contributed by atoms with Crippen LogP contribution in [0.2, 0.25) is 0 Å². The van der Waals surface area contributed by atoms with Crippen molar-refractivity contribution in [3.63, 3.8) is 0 Å². The lowest BCUT2D eigenvalue weighted by Crippen LogP contribution is -2.05. The summed E-state index contributed by atoms with van der Waals surface area (Å²) in [6, 6.07) is 10.2. The van der Waals surface area contributed by atoms with Crippen molar-refractivity contribution in [2.45, 2.75) is 6.54 Å².